The number of benzene rings is 2. The largest absolute Gasteiger partial charge is 0.459 e. The number of piperazine rings is 1. The number of para-hydroxylation sites is 1. The summed E-state index contributed by atoms with van der Waals surface area (Å²) in [7, 11) is 0. The quantitative estimate of drug-likeness (QED) is 0.568. The van der Waals surface area contributed by atoms with E-state index in [1.165, 1.54) is 6.26 Å². The molecule has 7 heteroatoms. The number of rotatable bonds is 7. The van der Waals surface area contributed by atoms with Crippen LogP contribution < -0.4 is 15.3 Å². The van der Waals surface area contributed by atoms with Crippen LogP contribution in [0.5, 0.6) is 0 Å². The molecule has 2 aromatic carbocycles. The van der Waals surface area contributed by atoms with Crippen LogP contribution in [0, 0.1) is 0 Å². The van der Waals surface area contributed by atoms with E-state index < -0.39 is 0 Å². The monoisotopic (exact) mass is 419 g/mol. The summed E-state index contributed by atoms with van der Waals surface area (Å²) in [5, 5.41) is 1.88. The van der Waals surface area contributed by atoms with Crippen LogP contribution >= 0.6 is 0 Å². The maximum atomic E-state index is 12.8. The average Bonchev–Trinajstić information content (AvgIpc) is 3.35. The lowest BCUT2D eigenvalue weighted by Crippen LogP contribution is -3.16. The molecule has 0 radical (unpaired) electrons. The lowest BCUT2D eigenvalue weighted by atomic mass is 10.2. The molecule has 0 atom stereocenters. The van der Waals surface area contributed by atoms with Gasteiger partial charge in [-0.05, 0) is 29.8 Å². The van der Waals surface area contributed by atoms with Crippen molar-refractivity contribution in [1.82, 2.24) is 10.3 Å². The number of nitrogens with one attached hydrogen (secondary N) is 2. The zero-order valence-corrected chi connectivity index (χ0v) is 17.4. The van der Waals surface area contributed by atoms with Crippen molar-refractivity contribution in [1.29, 1.82) is 0 Å². The Morgan fingerprint density at radius 1 is 0.935 bits per heavy atom. The molecule has 0 unspecified atom stereocenters. The molecule has 1 aliphatic heterocycles. The Bertz CT molecular complexity index is 969. The van der Waals surface area contributed by atoms with Gasteiger partial charge in [0.05, 0.1) is 44.7 Å². The zero-order valence-electron chi connectivity index (χ0n) is 17.4. The Labute approximate surface area is 181 Å². The van der Waals surface area contributed by atoms with Crippen molar-refractivity contribution in [2.24, 2.45) is 0 Å². The molecule has 0 saturated carbocycles. The molecule has 0 bridgehead atoms. The van der Waals surface area contributed by atoms with E-state index in [4.69, 9.17) is 4.42 Å². The van der Waals surface area contributed by atoms with Gasteiger partial charge in [-0.2, -0.15) is 0 Å². The van der Waals surface area contributed by atoms with Crippen LogP contribution in [-0.4, -0.2) is 49.4 Å². The predicted octanol–water partition coefficient (Wildman–Crippen LogP) is 1.36. The third-order valence-electron chi connectivity index (χ3n) is 5.41. The van der Waals surface area contributed by atoms with Gasteiger partial charge in [0, 0.05) is 0 Å². The Balaban J connectivity index is 1.32. The van der Waals surface area contributed by atoms with Crippen LogP contribution in [0.15, 0.2) is 83.5 Å². The van der Waals surface area contributed by atoms with Crippen molar-refractivity contribution in [3.63, 3.8) is 0 Å². The molecular formula is C24H27N4O3+. The van der Waals surface area contributed by atoms with Crippen LogP contribution in [-0.2, 0) is 11.3 Å². The van der Waals surface area contributed by atoms with E-state index in [1.807, 2.05) is 65.7 Å². The summed E-state index contributed by atoms with van der Waals surface area (Å²) in [5.74, 6) is 0.229. The summed E-state index contributed by atoms with van der Waals surface area (Å²) in [4.78, 5) is 28.2. The second-order valence-electron chi connectivity index (χ2n) is 7.64. The van der Waals surface area contributed by atoms with Gasteiger partial charge in [0.1, 0.15) is 0 Å². The number of carbonyl (C=O) groups is 2. The van der Waals surface area contributed by atoms with E-state index in [2.05, 4.69) is 5.43 Å². The molecule has 2 amide bonds. The van der Waals surface area contributed by atoms with Crippen LogP contribution in [0.25, 0.3) is 0 Å². The van der Waals surface area contributed by atoms with Gasteiger partial charge in [-0.15, -0.1) is 0 Å². The predicted molar refractivity (Wildman–Crippen MR) is 117 cm³/mol. The molecule has 160 valence electrons. The van der Waals surface area contributed by atoms with Crippen LogP contribution in [0.3, 0.4) is 0 Å². The highest BCUT2D eigenvalue weighted by atomic mass is 16.3. The number of hydrogen-bond acceptors (Lipinski definition) is 4. The molecule has 1 saturated heterocycles. The Hall–Kier alpha value is -3.58. The maximum absolute atomic E-state index is 12.8. The molecule has 1 aromatic heterocycles. The summed E-state index contributed by atoms with van der Waals surface area (Å²) in [5.41, 5.74) is 5.11. The Kier molecular flexibility index (Phi) is 6.64. The number of carbonyl (C=O) groups excluding carboxylic acids is 2. The molecule has 2 N–H and O–H groups in total. The maximum Gasteiger partial charge on any atom is 0.293 e. The number of hydrogen-bond donors (Lipinski definition) is 2. The molecular weight excluding hydrogens is 392 g/mol. The molecule has 4 rings (SSSR count). The molecule has 0 spiro atoms. The summed E-state index contributed by atoms with van der Waals surface area (Å²) >= 11 is 0. The third kappa shape index (κ3) is 5.52. The van der Waals surface area contributed by atoms with Gasteiger partial charge in [-0.1, -0.05) is 48.5 Å². The van der Waals surface area contributed by atoms with Gasteiger partial charge >= 0.3 is 0 Å². The molecule has 31 heavy (non-hydrogen) atoms. The summed E-state index contributed by atoms with van der Waals surface area (Å²) < 4.78 is 5.21. The normalized spacial score (nSPS) is 14.3. The average molecular weight is 420 g/mol. The van der Waals surface area contributed by atoms with Crippen LogP contribution in [0.4, 0.5) is 5.69 Å². The van der Waals surface area contributed by atoms with Crippen molar-refractivity contribution in [2.45, 2.75) is 6.54 Å². The van der Waals surface area contributed by atoms with Crippen LogP contribution in [0.2, 0.25) is 0 Å². The fourth-order valence-corrected chi connectivity index (χ4v) is 3.75. The van der Waals surface area contributed by atoms with Gasteiger partial charge in [0.15, 0.2) is 12.3 Å². The van der Waals surface area contributed by atoms with Crippen LogP contribution in [0.1, 0.15) is 16.1 Å². The van der Waals surface area contributed by atoms with Gasteiger partial charge in [-0.3, -0.25) is 20.0 Å². The second-order valence-corrected chi connectivity index (χ2v) is 7.64. The standard InChI is InChI=1S/C24H26N4O3/c29-23(19-26-13-15-27(16-14-26)24(30)22-12-7-17-31-22)25-28(21-10-5-2-6-11-21)18-20-8-3-1-4-9-20/h1-12,17H,13-16,18-19H2,(H,25,29)/p+1. The number of hydrazine groups is 1. The minimum Gasteiger partial charge on any atom is -0.459 e. The van der Waals surface area contributed by atoms with E-state index in [-0.39, 0.29) is 11.8 Å². The molecule has 1 aliphatic rings. The third-order valence-corrected chi connectivity index (χ3v) is 5.41. The molecule has 7 nitrogen and oxygen atoms in total. The first kappa shape index (κ1) is 20.7. The number of quaternary nitrogens is 1. The summed E-state index contributed by atoms with van der Waals surface area (Å²) in [6.45, 7) is 3.61. The highest BCUT2D eigenvalue weighted by Gasteiger charge is 2.27. The molecule has 3 aromatic rings. The van der Waals surface area contributed by atoms with Gasteiger partial charge in [0.25, 0.3) is 11.8 Å². The van der Waals surface area contributed by atoms with Crippen molar-refractivity contribution in [3.05, 3.63) is 90.4 Å². The Morgan fingerprint density at radius 2 is 1.61 bits per heavy atom. The summed E-state index contributed by atoms with van der Waals surface area (Å²) in [6.07, 6.45) is 1.51. The SMILES string of the molecule is O=C(C[NH+]1CCN(C(=O)c2ccco2)CC1)NN(Cc1ccccc1)c1ccccc1. The number of furan rings is 1. The van der Waals surface area contributed by atoms with E-state index >= 15 is 0 Å². The highest BCUT2D eigenvalue weighted by Crippen LogP contribution is 2.14. The fourth-order valence-electron chi connectivity index (χ4n) is 3.75. The van der Waals surface area contributed by atoms with Crippen molar-refractivity contribution < 1.29 is 18.9 Å². The van der Waals surface area contributed by atoms with E-state index in [1.54, 1.807) is 17.0 Å². The second kappa shape index (κ2) is 9.95. The first-order chi connectivity index (χ1) is 15.2. The minimum absolute atomic E-state index is 0.0411. The number of anilines is 1. The molecule has 1 fully saturated rings. The molecule has 2 heterocycles. The number of amides is 2. The fraction of sp³-hybridized carbons (Fsp3) is 0.250. The lowest BCUT2D eigenvalue weighted by Gasteiger charge is -2.32. The first-order valence-electron chi connectivity index (χ1n) is 10.5. The topological polar surface area (TPSA) is 70.2 Å². The van der Waals surface area contributed by atoms with Crippen molar-refractivity contribution in [2.75, 3.05) is 37.7 Å². The number of nitrogens with zero attached hydrogens (tertiary/aromatic N) is 2. The molecule has 0 aliphatic carbocycles. The lowest BCUT2D eigenvalue weighted by molar-refractivity contribution is -0.896. The van der Waals surface area contributed by atoms with E-state index in [9.17, 15) is 9.59 Å². The highest BCUT2D eigenvalue weighted by molar-refractivity contribution is 5.91. The zero-order chi connectivity index (χ0) is 21.5. The van der Waals surface area contributed by atoms with Crippen molar-refractivity contribution in [3.8, 4) is 0 Å². The summed E-state index contributed by atoms with van der Waals surface area (Å²) in [6, 6.07) is 23.3. The van der Waals surface area contributed by atoms with Gasteiger partial charge < -0.3 is 14.2 Å². The van der Waals surface area contributed by atoms with E-state index in [0.29, 0.717) is 31.9 Å². The Morgan fingerprint density at radius 3 is 2.26 bits per heavy atom. The van der Waals surface area contributed by atoms with Gasteiger partial charge in [0.2, 0.25) is 0 Å². The van der Waals surface area contributed by atoms with E-state index in [0.717, 1.165) is 29.2 Å². The minimum atomic E-state index is -0.0911. The first-order valence-corrected chi connectivity index (χ1v) is 10.5. The van der Waals surface area contributed by atoms with Gasteiger partial charge in [-0.25, -0.2) is 0 Å². The smallest absolute Gasteiger partial charge is 0.293 e. The van der Waals surface area contributed by atoms with Crippen molar-refractivity contribution >= 4 is 17.5 Å².